The summed E-state index contributed by atoms with van der Waals surface area (Å²) >= 11 is 0. The fraction of sp³-hybridized carbons (Fsp3) is 0.444. The highest BCUT2D eigenvalue weighted by Crippen LogP contribution is 2.14. The Morgan fingerprint density at radius 1 is 1.62 bits per heavy atom. The van der Waals surface area contributed by atoms with Crippen LogP contribution >= 0.6 is 0 Å². The zero-order valence-corrected chi connectivity index (χ0v) is 7.87. The summed E-state index contributed by atoms with van der Waals surface area (Å²) in [7, 11) is 0. The summed E-state index contributed by atoms with van der Waals surface area (Å²) in [6.07, 6.45) is 0. The number of nitrogens with zero attached hydrogens (tertiary/aromatic N) is 1. The Labute approximate surface area is 77.0 Å². The first-order chi connectivity index (χ1) is 6.07. The fourth-order valence-corrected chi connectivity index (χ4v) is 1.49. The lowest BCUT2D eigenvalue weighted by Crippen LogP contribution is -2.12. The molecule has 0 aliphatic carbocycles. The molecule has 72 valence electrons. The number of nitrogens with two attached hydrogens (primary N) is 1. The van der Waals surface area contributed by atoms with Gasteiger partial charge in [-0.1, -0.05) is 0 Å². The van der Waals surface area contributed by atoms with Gasteiger partial charge in [0.2, 0.25) is 0 Å². The van der Waals surface area contributed by atoms with E-state index in [-0.39, 0.29) is 0 Å². The highest BCUT2D eigenvalue weighted by Gasteiger charge is 2.13. The molecule has 0 unspecified atom stereocenters. The van der Waals surface area contributed by atoms with E-state index in [0.717, 1.165) is 11.4 Å². The van der Waals surface area contributed by atoms with Crippen LogP contribution in [0.1, 0.15) is 21.7 Å². The molecule has 0 aliphatic heterocycles. The Bertz CT molecular complexity index is 329. The van der Waals surface area contributed by atoms with Crippen LogP contribution in [0.3, 0.4) is 0 Å². The molecule has 0 atom stereocenters. The van der Waals surface area contributed by atoms with Gasteiger partial charge in [-0.25, -0.2) is 4.79 Å². The van der Waals surface area contributed by atoms with Gasteiger partial charge in [-0.2, -0.15) is 0 Å². The lowest BCUT2D eigenvalue weighted by Gasteiger charge is -2.06. The van der Waals surface area contributed by atoms with Crippen LogP contribution in [0, 0.1) is 13.8 Å². The predicted octanol–water partition coefficient (Wildman–Crippen LogP) is 0.762. The van der Waals surface area contributed by atoms with Crippen LogP contribution in [0.2, 0.25) is 0 Å². The predicted molar refractivity (Wildman–Crippen MR) is 49.9 cm³/mol. The minimum absolute atomic E-state index is 0.367. The summed E-state index contributed by atoms with van der Waals surface area (Å²) in [4.78, 5) is 10.7. The maximum atomic E-state index is 10.7. The normalized spacial score (nSPS) is 10.4. The van der Waals surface area contributed by atoms with Crippen molar-refractivity contribution in [1.29, 1.82) is 0 Å². The lowest BCUT2D eigenvalue weighted by atomic mass is 10.2. The molecule has 0 amide bonds. The molecular weight excluding hydrogens is 168 g/mol. The van der Waals surface area contributed by atoms with Crippen LogP contribution in [-0.2, 0) is 6.54 Å². The van der Waals surface area contributed by atoms with Crippen LogP contribution in [-0.4, -0.2) is 22.2 Å². The highest BCUT2D eigenvalue weighted by molar-refractivity contribution is 5.89. The van der Waals surface area contributed by atoms with Crippen molar-refractivity contribution in [3.05, 3.63) is 23.0 Å². The average molecular weight is 182 g/mol. The largest absolute Gasteiger partial charge is 0.478 e. The van der Waals surface area contributed by atoms with Gasteiger partial charge in [0.1, 0.15) is 0 Å². The van der Waals surface area contributed by atoms with Crippen molar-refractivity contribution >= 4 is 5.97 Å². The second-order valence-corrected chi connectivity index (χ2v) is 3.03. The van der Waals surface area contributed by atoms with Crippen molar-refractivity contribution in [2.75, 3.05) is 6.54 Å². The van der Waals surface area contributed by atoms with Gasteiger partial charge in [-0.15, -0.1) is 0 Å². The van der Waals surface area contributed by atoms with E-state index in [1.54, 1.807) is 13.0 Å². The zero-order chi connectivity index (χ0) is 10.0. The molecule has 0 radical (unpaired) electrons. The van der Waals surface area contributed by atoms with Gasteiger partial charge in [-0.05, 0) is 19.9 Å². The maximum Gasteiger partial charge on any atom is 0.337 e. The third kappa shape index (κ3) is 1.72. The fourth-order valence-electron chi connectivity index (χ4n) is 1.49. The molecule has 0 spiro atoms. The van der Waals surface area contributed by atoms with E-state index in [1.165, 1.54) is 0 Å². The van der Waals surface area contributed by atoms with Crippen molar-refractivity contribution in [2.24, 2.45) is 5.73 Å². The topological polar surface area (TPSA) is 68.2 Å². The average Bonchev–Trinajstić information content (AvgIpc) is 2.32. The summed E-state index contributed by atoms with van der Waals surface area (Å²) in [6.45, 7) is 4.88. The van der Waals surface area contributed by atoms with Gasteiger partial charge < -0.3 is 15.4 Å². The number of aromatic carboxylic acids is 1. The third-order valence-electron chi connectivity index (χ3n) is 2.16. The van der Waals surface area contributed by atoms with Crippen molar-refractivity contribution in [2.45, 2.75) is 20.4 Å². The van der Waals surface area contributed by atoms with Gasteiger partial charge in [-0.3, -0.25) is 0 Å². The Kier molecular flexibility index (Phi) is 2.72. The number of hydrogen-bond donors (Lipinski definition) is 2. The first kappa shape index (κ1) is 9.80. The Morgan fingerprint density at radius 2 is 2.23 bits per heavy atom. The summed E-state index contributed by atoms with van der Waals surface area (Å²) in [5.74, 6) is -0.878. The molecule has 1 heterocycles. The van der Waals surface area contributed by atoms with Crippen molar-refractivity contribution < 1.29 is 9.90 Å². The number of hydrogen-bond acceptors (Lipinski definition) is 2. The minimum atomic E-state index is -0.878. The van der Waals surface area contributed by atoms with Crippen LogP contribution in [0.15, 0.2) is 6.07 Å². The molecule has 3 N–H and O–H groups in total. The maximum absolute atomic E-state index is 10.7. The molecular formula is C9H14N2O2. The molecule has 4 heteroatoms. The molecule has 1 rings (SSSR count). The van der Waals surface area contributed by atoms with E-state index in [1.807, 2.05) is 11.5 Å². The van der Waals surface area contributed by atoms with Crippen molar-refractivity contribution in [1.82, 2.24) is 4.57 Å². The van der Waals surface area contributed by atoms with Crippen LogP contribution in [0.4, 0.5) is 0 Å². The second-order valence-electron chi connectivity index (χ2n) is 3.03. The van der Waals surface area contributed by atoms with Crippen molar-refractivity contribution in [3.8, 4) is 0 Å². The summed E-state index contributed by atoms with van der Waals surface area (Å²) in [5, 5.41) is 8.83. The van der Waals surface area contributed by atoms with Gasteiger partial charge in [0.25, 0.3) is 0 Å². The highest BCUT2D eigenvalue weighted by atomic mass is 16.4. The molecule has 4 nitrogen and oxygen atoms in total. The minimum Gasteiger partial charge on any atom is -0.478 e. The van der Waals surface area contributed by atoms with E-state index < -0.39 is 5.97 Å². The van der Waals surface area contributed by atoms with Gasteiger partial charge >= 0.3 is 5.97 Å². The molecule has 0 fully saturated rings. The van der Waals surface area contributed by atoms with Crippen molar-refractivity contribution in [3.63, 3.8) is 0 Å². The van der Waals surface area contributed by atoms with E-state index in [2.05, 4.69) is 0 Å². The summed E-state index contributed by atoms with van der Waals surface area (Å²) in [6, 6.07) is 1.67. The lowest BCUT2D eigenvalue weighted by molar-refractivity contribution is 0.0696. The van der Waals surface area contributed by atoms with E-state index >= 15 is 0 Å². The molecule has 0 saturated carbocycles. The number of carbonyl (C=O) groups is 1. The third-order valence-corrected chi connectivity index (χ3v) is 2.16. The monoisotopic (exact) mass is 182 g/mol. The summed E-state index contributed by atoms with van der Waals surface area (Å²) < 4.78 is 1.92. The first-order valence-electron chi connectivity index (χ1n) is 4.18. The van der Waals surface area contributed by atoms with Gasteiger partial charge in [0.05, 0.1) is 5.56 Å². The smallest absolute Gasteiger partial charge is 0.337 e. The van der Waals surface area contributed by atoms with E-state index in [9.17, 15) is 4.79 Å². The first-order valence-corrected chi connectivity index (χ1v) is 4.18. The Morgan fingerprint density at radius 3 is 2.62 bits per heavy atom. The number of aromatic nitrogens is 1. The molecule has 1 aromatic rings. The SMILES string of the molecule is Cc1cc(C(=O)O)c(C)n1CCN. The van der Waals surface area contributed by atoms with E-state index in [0.29, 0.717) is 18.7 Å². The Hall–Kier alpha value is -1.29. The number of rotatable bonds is 3. The molecule has 0 aliphatic rings. The Balaban J connectivity index is 3.14. The molecule has 0 bridgehead atoms. The number of carboxylic acids is 1. The van der Waals surface area contributed by atoms with Crippen LogP contribution in [0.5, 0.6) is 0 Å². The number of aryl methyl sites for hydroxylation is 1. The van der Waals surface area contributed by atoms with E-state index in [4.69, 9.17) is 10.8 Å². The van der Waals surface area contributed by atoms with Crippen LogP contribution in [0.25, 0.3) is 0 Å². The number of carboxylic acid groups (broad SMARTS) is 1. The standard InChI is InChI=1S/C9H14N2O2/c1-6-5-8(9(12)13)7(2)11(6)4-3-10/h5H,3-4,10H2,1-2H3,(H,12,13). The second kappa shape index (κ2) is 3.62. The van der Waals surface area contributed by atoms with Gasteiger partial charge in [0.15, 0.2) is 0 Å². The molecule has 0 saturated heterocycles. The zero-order valence-electron chi connectivity index (χ0n) is 7.87. The van der Waals surface area contributed by atoms with Crippen LogP contribution < -0.4 is 5.73 Å². The molecule has 13 heavy (non-hydrogen) atoms. The molecule has 1 aromatic heterocycles. The quantitative estimate of drug-likeness (QED) is 0.725. The van der Waals surface area contributed by atoms with Gasteiger partial charge in [0, 0.05) is 24.5 Å². The summed E-state index contributed by atoms with van der Waals surface area (Å²) in [5.41, 5.74) is 7.50. The molecule has 0 aromatic carbocycles.